The minimum Gasteiger partial charge on any atom is -0.872 e. The summed E-state index contributed by atoms with van der Waals surface area (Å²) in [6.45, 7) is 4.22. The first-order chi connectivity index (χ1) is 14.0. The van der Waals surface area contributed by atoms with Gasteiger partial charge >= 0.3 is 0 Å². The molecule has 0 bridgehead atoms. The highest BCUT2D eigenvalue weighted by atomic mass is 35.5. The number of aryl methyl sites for hydroxylation is 1. The van der Waals surface area contributed by atoms with Crippen LogP contribution in [0.3, 0.4) is 0 Å². The van der Waals surface area contributed by atoms with Crippen LogP contribution in [0, 0.1) is 6.92 Å². The Morgan fingerprint density at radius 2 is 1.00 bits per heavy atom. The van der Waals surface area contributed by atoms with Crippen molar-refractivity contribution >= 4 is 34.8 Å². The fourth-order valence-electron chi connectivity index (χ4n) is 3.24. The highest BCUT2D eigenvalue weighted by Crippen LogP contribution is 2.51. The van der Waals surface area contributed by atoms with E-state index >= 15 is 0 Å². The molecular weight excluding hydrogens is 395 g/mol. The minimum absolute atomic E-state index is 0.0110. The summed E-state index contributed by atoms with van der Waals surface area (Å²) in [7, 11) is -1.53. The summed E-state index contributed by atoms with van der Waals surface area (Å²) in [5, 5.41) is 15.5. The first kappa shape index (κ1) is 21.1. The van der Waals surface area contributed by atoms with Crippen molar-refractivity contribution in [3.63, 3.8) is 0 Å². The number of rotatable bonds is 3. The summed E-state index contributed by atoms with van der Waals surface area (Å²) < 4.78 is 0. The van der Waals surface area contributed by atoms with E-state index < -0.39 is 7.26 Å². The van der Waals surface area contributed by atoms with Gasteiger partial charge < -0.3 is 5.11 Å². The standard InChI is InChI=1S/C19H18P.C7H7ClO/c1-20(17-11-5-2-6-12-17,18-13-7-3-8-14-18)19-15-9-4-10-16-19;1-5-4-6(9)2-3-7(5)8/h2-16H,1H3;2-4,9H,1H3/q+1;/p-1. The van der Waals surface area contributed by atoms with Gasteiger partial charge in [0.25, 0.3) is 0 Å². The Kier molecular flexibility index (Phi) is 7.09. The van der Waals surface area contributed by atoms with Crippen molar-refractivity contribution in [3.8, 4) is 5.75 Å². The van der Waals surface area contributed by atoms with Crippen molar-refractivity contribution in [2.24, 2.45) is 0 Å². The molecule has 1 nitrogen and oxygen atoms in total. The fraction of sp³-hybridized carbons (Fsp3) is 0.0769. The van der Waals surface area contributed by atoms with E-state index in [2.05, 4.69) is 97.7 Å². The molecule has 0 N–H and O–H groups in total. The predicted octanol–water partition coefficient (Wildman–Crippen LogP) is 5.33. The molecule has 0 aliphatic rings. The van der Waals surface area contributed by atoms with Gasteiger partial charge in [0.05, 0.1) is 6.66 Å². The molecule has 0 atom stereocenters. The van der Waals surface area contributed by atoms with Gasteiger partial charge in [-0.3, -0.25) is 0 Å². The van der Waals surface area contributed by atoms with Crippen LogP contribution in [-0.4, -0.2) is 6.66 Å². The molecule has 0 saturated heterocycles. The SMILES string of the molecule is C[P+](c1ccccc1)(c1ccccc1)c1ccccc1.Cc1cc([O-])ccc1Cl. The molecule has 0 aromatic heterocycles. The molecule has 0 fully saturated rings. The van der Waals surface area contributed by atoms with Crippen LogP contribution in [0.5, 0.6) is 5.75 Å². The summed E-state index contributed by atoms with van der Waals surface area (Å²) in [5.74, 6) is 0.0110. The molecule has 0 radical (unpaired) electrons. The van der Waals surface area contributed by atoms with Crippen LogP contribution in [0.1, 0.15) is 5.56 Å². The third-order valence-electron chi connectivity index (χ3n) is 4.95. The Bertz CT molecular complexity index is 937. The lowest BCUT2D eigenvalue weighted by Gasteiger charge is -2.22. The topological polar surface area (TPSA) is 23.1 Å². The van der Waals surface area contributed by atoms with E-state index in [1.165, 1.54) is 28.0 Å². The van der Waals surface area contributed by atoms with Gasteiger partial charge in [0.15, 0.2) is 0 Å². The summed E-state index contributed by atoms with van der Waals surface area (Å²) in [5.41, 5.74) is 0.837. The maximum absolute atomic E-state index is 10.6. The highest BCUT2D eigenvalue weighted by molar-refractivity contribution is 7.95. The van der Waals surface area contributed by atoms with Crippen molar-refractivity contribution in [1.29, 1.82) is 0 Å². The summed E-state index contributed by atoms with van der Waals surface area (Å²) in [6, 6.07) is 37.2. The van der Waals surface area contributed by atoms with E-state index in [-0.39, 0.29) is 5.75 Å². The quantitative estimate of drug-likeness (QED) is 0.412. The molecule has 0 unspecified atom stereocenters. The molecule has 0 amide bonds. The average molecular weight is 419 g/mol. The maximum Gasteiger partial charge on any atom is 0.109 e. The Hall–Kier alpha value is -2.60. The zero-order chi connectivity index (χ0) is 20.7. The van der Waals surface area contributed by atoms with Crippen molar-refractivity contribution in [2.75, 3.05) is 6.66 Å². The Morgan fingerprint density at radius 3 is 1.31 bits per heavy atom. The first-order valence-corrected chi connectivity index (χ1v) is 12.1. The van der Waals surface area contributed by atoms with Crippen LogP contribution in [0.25, 0.3) is 0 Å². The summed E-state index contributed by atoms with van der Waals surface area (Å²) in [6.07, 6.45) is 0. The van der Waals surface area contributed by atoms with Gasteiger partial charge in [-0.15, -0.1) is 5.75 Å². The van der Waals surface area contributed by atoms with E-state index in [9.17, 15) is 5.11 Å². The van der Waals surface area contributed by atoms with Crippen molar-refractivity contribution < 1.29 is 5.11 Å². The van der Waals surface area contributed by atoms with Crippen LogP contribution in [0.15, 0.2) is 109 Å². The first-order valence-electron chi connectivity index (χ1n) is 9.48. The fourth-order valence-corrected chi connectivity index (χ4v) is 6.56. The van der Waals surface area contributed by atoms with Gasteiger partial charge in [0.2, 0.25) is 0 Å². The molecule has 29 heavy (non-hydrogen) atoms. The Morgan fingerprint density at radius 1 is 0.621 bits per heavy atom. The molecule has 0 heterocycles. The van der Waals surface area contributed by atoms with E-state index in [1.807, 2.05) is 6.92 Å². The largest absolute Gasteiger partial charge is 0.872 e. The van der Waals surface area contributed by atoms with E-state index in [1.54, 1.807) is 6.07 Å². The Balaban J connectivity index is 0.000000224. The average Bonchev–Trinajstić information content (AvgIpc) is 2.78. The second kappa shape index (κ2) is 9.74. The smallest absolute Gasteiger partial charge is 0.109 e. The molecular formula is C26H24ClOP. The number of halogens is 1. The van der Waals surface area contributed by atoms with E-state index in [0.29, 0.717) is 5.02 Å². The lowest BCUT2D eigenvalue weighted by Crippen LogP contribution is -2.30. The second-order valence-electron chi connectivity index (χ2n) is 6.92. The van der Waals surface area contributed by atoms with Crippen molar-refractivity contribution in [2.45, 2.75) is 6.92 Å². The molecule has 0 aliphatic heterocycles. The van der Waals surface area contributed by atoms with Crippen molar-refractivity contribution in [1.82, 2.24) is 0 Å². The molecule has 4 aromatic carbocycles. The Labute approximate surface area is 179 Å². The van der Waals surface area contributed by atoms with Crippen LogP contribution < -0.4 is 21.0 Å². The van der Waals surface area contributed by atoms with Gasteiger partial charge in [0.1, 0.15) is 23.2 Å². The second-order valence-corrected chi connectivity index (χ2v) is 10.9. The van der Waals surface area contributed by atoms with E-state index in [0.717, 1.165) is 5.56 Å². The number of benzene rings is 4. The van der Waals surface area contributed by atoms with Crippen LogP contribution in [-0.2, 0) is 0 Å². The predicted molar refractivity (Wildman–Crippen MR) is 127 cm³/mol. The lowest BCUT2D eigenvalue weighted by atomic mass is 10.2. The zero-order valence-corrected chi connectivity index (χ0v) is 18.3. The van der Waals surface area contributed by atoms with Gasteiger partial charge in [-0.05, 0) is 55.0 Å². The number of hydrogen-bond acceptors (Lipinski definition) is 1. The molecule has 0 saturated carbocycles. The van der Waals surface area contributed by atoms with Gasteiger partial charge in [0, 0.05) is 5.02 Å². The highest BCUT2D eigenvalue weighted by Gasteiger charge is 2.39. The third-order valence-corrected chi connectivity index (χ3v) is 9.36. The zero-order valence-electron chi connectivity index (χ0n) is 16.6. The minimum atomic E-state index is -1.53. The van der Waals surface area contributed by atoms with Crippen LogP contribution in [0.2, 0.25) is 5.02 Å². The lowest BCUT2D eigenvalue weighted by molar-refractivity contribution is -0.268. The van der Waals surface area contributed by atoms with Crippen molar-refractivity contribution in [3.05, 3.63) is 120 Å². The molecule has 4 rings (SSSR count). The van der Waals surface area contributed by atoms with Crippen LogP contribution >= 0.6 is 18.9 Å². The normalized spacial score (nSPS) is 10.7. The molecule has 0 spiro atoms. The van der Waals surface area contributed by atoms with E-state index in [4.69, 9.17) is 11.6 Å². The van der Waals surface area contributed by atoms with Gasteiger partial charge in [-0.25, -0.2) is 0 Å². The maximum atomic E-state index is 10.6. The third kappa shape index (κ3) is 5.07. The number of hydrogen-bond donors (Lipinski definition) is 0. The monoisotopic (exact) mass is 418 g/mol. The summed E-state index contributed by atoms with van der Waals surface area (Å²) >= 11 is 5.64. The van der Waals surface area contributed by atoms with Gasteiger partial charge in [-0.2, -0.15) is 0 Å². The molecule has 146 valence electrons. The molecule has 3 heteroatoms. The summed E-state index contributed by atoms with van der Waals surface area (Å²) in [4.78, 5) is 0. The van der Waals surface area contributed by atoms with Gasteiger partial charge in [-0.1, -0.05) is 78.3 Å². The van der Waals surface area contributed by atoms with Crippen LogP contribution in [0.4, 0.5) is 0 Å². The molecule has 0 aliphatic carbocycles. The molecule has 4 aromatic rings.